The molecule has 1 atom stereocenters. The van der Waals surface area contributed by atoms with Crippen LogP contribution in [-0.2, 0) is 14.8 Å². The molecule has 20 heavy (non-hydrogen) atoms. The van der Waals surface area contributed by atoms with Crippen molar-refractivity contribution in [3.63, 3.8) is 0 Å². The Morgan fingerprint density at radius 3 is 2.25 bits per heavy atom. The van der Waals surface area contributed by atoms with Gasteiger partial charge in [0.05, 0.1) is 12.3 Å². The van der Waals surface area contributed by atoms with Crippen molar-refractivity contribution in [2.75, 3.05) is 25.9 Å². The fourth-order valence-electron chi connectivity index (χ4n) is 1.98. The predicted molar refractivity (Wildman–Crippen MR) is 84.4 cm³/mol. The SMILES string of the molecule is CCS(=O)(=O)N(C)CC(=O)NC(C)(CN)CC(C)C.Cl. The Hall–Kier alpha value is -0.370. The summed E-state index contributed by atoms with van der Waals surface area (Å²) in [6.07, 6.45) is 0.749. The Balaban J connectivity index is 0. The lowest BCUT2D eigenvalue weighted by Gasteiger charge is -2.31. The molecule has 1 unspecified atom stereocenters. The molecule has 0 aromatic rings. The molecule has 0 aliphatic heterocycles. The van der Waals surface area contributed by atoms with Crippen molar-refractivity contribution in [1.29, 1.82) is 0 Å². The van der Waals surface area contributed by atoms with Crippen molar-refractivity contribution in [3.05, 3.63) is 0 Å². The van der Waals surface area contributed by atoms with Crippen molar-refractivity contribution >= 4 is 28.3 Å². The van der Waals surface area contributed by atoms with Gasteiger partial charge in [-0.15, -0.1) is 12.4 Å². The number of nitrogens with one attached hydrogen (secondary N) is 1. The van der Waals surface area contributed by atoms with E-state index in [1.807, 2.05) is 20.8 Å². The van der Waals surface area contributed by atoms with E-state index >= 15 is 0 Å². The molecule has 8 heteroatoms. The lowest BCUT2D eigenvalue weighted by molar-refractivity contribution is -0.123. The van der Waals surface area contributed by atoms with Gasteiger partial charge >= 0.3 is 0 Å². The van der Waals surface area contributed by atoms with Crippen LogP contribution in [-0.4, -0.2) is 50.1 Å². The number of nitrogens with zero attached hydrogens (tertiary/aromatic N) is 1. The van der Waals surface area contributed by atoms with Crippen molar-refractivity contribution in [2.24, 2.45) is 11.7 Å². The number of carbonyl (C=O) groups is 1. The van der Waals surface area contributed by atoms with Gasteiger partial charge in [-0.05, 0) is 26.2 Å². The molecule has 0 heterocycles. The molecule has 122 valence electrons. The molecule has 0 bridgehead atoms. The van der Waals surface area contributed by atoms with E-state index < -0.39 is 15.6 Å². The third-order valence-electron chi connectivity index (χ3n) is 2.96. The van der Waals surface area contributed by atoms with Crippen LogP contribution in [0.3, 0.4) is 0 Å². The Bertz CT molecular complexity index is 401. The molecule has 0 fully saturated rings. The number of carbonyl (C=O) groups excluding carboxylic acids is 1. The van der Waals surface area contributed by atoms with Crippen molar-refractivity contribution < 1.29 is 13.2 Å². The van der Waals surface area contributed by atoms with Crippen molar-refractivity contribution in [2.45, 2.75) is 39.7 Å². The average molecular weight is 330 g/mol. The Kier molecular flexibility index (Phi) is 9.66. The van der Waals surface area contributed by atoms with Crippen LogP contribution >= 0.6 is 12.4 Å². The third-order valence-corrected chi connectivity index (χ3v) is 4.76. The molecule has 0 saturated carbocycles. The molecule has 6 nitrogen and oxygen atoms in total. The summed E-state index contributed by atoms with van der Waals surface area (Å²) in [4.78, 5) is 11.9. The summed E-state index contributed by atoms with van der Waals surface area (Å²) in [6.45, 7) is 7.66. The van der Waals surface area contributed by atoms with Crippen LogP contribution in [0.25, 0.3) is 0 Å². The first kappa shape index (κ1) is 21.9. The first-order chi connectivity index (χ1) is 8.56. The van der Waals surface area contributed by atoms with E-state index in [-0.39, 0.29) is 30.6 Å². The quantitative estimate of drug-likeness (QED) is 0.681. The lowest BCUT2D eigenvalue weighted by Crippen LogP contribution is -2.54. The Labute approximate surface area is 128 Å². The fraction of sp³-hybridized carbons (Fsp3) is 0.917. The summed E-state index contributed by atoms with van der Waals surface area (Å²) in [5.41, 5.74) is 5.20. The number of rotatable bonds is 8. The zero-order valence-corrected chi connectivity index (χ0v) is 14.6. The van der Waals surface area contributed by atoms with Gasteiger partial charge in [0.15, 0.2) is 0 Å². The van der Waals surface area contributed by atoms with Crippen LogP contribution in [0, 0.1) is 5.92 Å². The van der Waals surface area contributed by atoms with Crippen LogP contribution in [0.1, 0.15) is 34.1 Å². The van der Waals surface area contributed by atoms with Crippen molar-refractivity contribution in [1.82, 2.24) is 9.62 Å². The van der Waals surface area contributed by atoms with Crippen LogP contribution in [0.15, 0.2) is 0 Å². The van der Waals surface area contributed by atoms with Gasteiger partial charge in [0.1, 0.15) is 0 Å². The first-order valence-corrected chi connectivity index (χ1v) is 8.12. The smallest absolute Gasteiger partial charge is 0.235 e. The summed E-state index contributed by atoms with van der Waals surface area (Å²) in [7, 11) is -1.93. The van der Waals surface area contributed by atoms with Gasteiger partial charge in [0, 0.05) is 19.1 Å². The summed E-state index contributed by atoms with van der Waals surface area (Å²) in [5, 5.41) is 2.83. The van der Waals surface area contributed by atoms with Gasteiger partial charge in [0.25, 0.3) is 0 Å². The van der Waals surface area contributed by atoms with E-state index in [0.29, 0.717) is 12.5 Å². The monoisotopic (exact) mass is 329 g/mol. The minimum Gasteiger partial charge on any atom is -0.349 e. The number of sulfonamides is 1. The van der Waals surface area contributed by atoms with Gasteiger partial charge < -0.3 is 11.1 Å². The number of amides is 1. The summed E-state index contributed by atoms with van der Waals surface area (Å²) < 4.78 is 24.2. The van der Waals surface area contributed by atoms with E-state index in [2.05, 4.69) is 5.32 Å². The zero-order valence-electron chi connectivity index (χ0n) is 13.0. The first-order valence-electron chi connectivity index (χ1n) is 6.51. The molecule has 0 radical (unpaired) electrons. The van der Waals surface area contributed by atoms with Gasteiger partial charge in [-0.25, -0.2) is 8.42 Å². The van der Waals surface area contributed by atoms with Gasteiger partial charge in [-0.3, -0.25) is 4.79 Å². The Morgan fingerprint density at radius 2 is 1.90 bits per heavy atom. The number of hydrogen-bond donors (Lipinski definition) is 2. The summed E-state index contributed by atoms with van der Waals surface area (Å²) >= 11 is 0. The molecular formula is C12H28ClN3O3S. The topological polar surface area (TPSA) is 92.5 Å². The highest BCUT2D eigenvalue weighted by molar-refractivity contribution is 7.89. The molecule has 0 aliphatic carbocycles. The lowest BCUT2D eigenvalue weighted by atomic mass is 9.91. The number of likely N-dealkylation sites (N-methyl/N-ethyl adjacent to an activating group) is 1. The van der Waals surface area contributed by atoms with E-state index in [1.54, 1.807) is 6.92 Å². The van der Waals surface area contributed by atoms with E-state index in [9.17, 15) is 13.2 Å². The minimum absolute atomic E-state index is 0. The highest BCUT2D eigenvalue weighted by Gasteiger charge is 2.27. The number of halogens is 1. The maximum absolute atomic E-state index is 11.9. The van der Waals surface area contributed by atoms with Crippen LogP contribution in [0.4, 0.5) is 0 Å². The molecular weight excluding hydrogens is 302 g/mol. The molecule has 0 aromatic heterocycles. The molecule has 0 aromatic carbocycles. The molecule has 0 aliphatic rings. The summed E-state index contributed by atoms with van der Waals surface area (Å²) in [5.74, 6) is 0.0517. The zero-order chi connectivity index (χ0) is 15.3. The Morgan fingerprint density at radius 1 is 1.40 bits per heavy atom. The van der Waals surface area contributed by atoms with E-state index in [1.165, 1.54) is 7.05 Å². The second kappa shape index (κ2) is 8.81. The number of nitrogens with two attached hydrogens (primary N) is 1. The maximum atomic E-state index is 11.9. The average Bonchev–Trinajstić information content (AvgIpc) is 2.27. The molecule has 0 rings (SSSR count). The van der Waals surface area contributed by atoms with Crippen LogP contribution < -0.4 is 11.1 Å². The second-order valence-corrected chi connectivity index (χ2v) is 7.93. The van der Waals surface area contributed by atoms with E-state index in [0.717, 1.165) is 10.7 Å². The fourth-order valence-corrected chi connectivity index (χ4v) is 2.74. The third kappa shape index (κ3) is 7.42. The molecule has 0 spiro atoms. The highest BCUT2D eigenvalue weighted by atomic mass is 35.5. The van der Waals surface area contributed by atoms with Crippen LogP contribution in [0.2, 0.25) is 0 Å². The molecule has 0 saturated heterocycles. The predicted octanol–water partition coefficient (Wildman–Crippen LogP) is 0.569. The normalized spacial score (nSPS) is 14.8. The van der Waals surface area contributed by atoms with Crippen LogP contribution in [0.5, 0.6) is 0 Å². The van der Waals surface area contributed by atoms with Crippen molar-refractivity contribution in [3.8, 4) is 0 Å². The highest BCUT2D eigenvalue weighted by Crippen LogP contribution is 2.15. The molecule has 3 N–H and O–H groups in total. The van der Waals surface area contributed by atoms with Gasteiger partial charge in [-0.1, -0.05) is 13.8 Å². The largest absolute Gasteiger partial charge is 0.349 e. The minimum atomic E-state index is -3.34. The van der Waals surface area contributed by atoms with Gasteiger partial charge in [-0.2, -0.15) is 4.31 Å². The maximum Gasteiger partial charge on any atom is 0.235 e. The molecule has 1 amide bonds. The second-order valence-electron chi connectivity index (χ2n) is 5.57. The van der Waals surface area contributed by atoms with E-state index in [4.69, 9.17) is 5.73 Å². The summed E-state index contributed by atoms with van der Waals surface area (Å²) in [6, 6.07) is 0. The standard InChI is InChI=1S/C12H27N3O3S.ClH/c1-6-19(17,18)15(5)8-11(16)14-12(4,9-13)7-10(2)3;/h10H,6-9,13H2,1-5H3,(H,14,16);1H. The number of hydrogen-bond acceptors (Lipinski definition) is 4. The van der Waals surface area contributed by atoms with Gasteiger partial charge in [0.2, 0.25) is 15.9 Å².